The van der Waals surface area contributed by atoms with Gasteiger partial charge in [0.05, 0.1) is 19.1 Å². The summed E-state index contributed by atoms with van der Waals surface area (Å²) < 4.78 is 5.31. The molecule has 0 bridgehead atoms. The Balaban J connectivity index is 2.02. The van der Waals surface area contributed by atoms with E-state index < -0.39 is 4.92 Å². The fourth-order valence-electron chi connectivity index (χ4n) is 2.60. The zero-order valence-electron chi connectivity index (χ0n) is 14.5. The highest BCUT2D eigenvalue weighted by Crippen LogP contribution is 2.25. The van der Waals surface area contributed by atoms with Crippen LogP contribution in [0.4, 0.5) is 11.4 Å². The summed E-state index contributed by atoms with van der Waals surface area (Å²) >= 11 is 0. The molecule has 25 heavy (non-hydrogen) atoms. The van der Waals surface area contributed by atoms with E-state index in [-0.39, 0.29) is 23.8 Å². The highest BCUT2D eigenvalue weighted by Gasteiger charge is 2.18. The van der Waals surface area contributed by atoms with E-state index in [1.54, 1.807) is 26.2 Å². The van der Waals surface area contributed by atoms with Crippen molar-refractivity contribution in [1.29, 1.82) is 0 Å². The molecular formula is C18H22N3O4+. The van der Waals surface area contributed by atoms with E-state index in [0.29, 0.717) is 6.54 Å². The molecule has 2 N–H and O–H groups in total. The third-order valence-corrected chi connectivity index (χ3v) is 3.77. The molecule has 2 aromatic carbocycles. The van der Waals surface area contributed by atoms with Crippen LogP contribution in [-0.4, -0.2) is 31.5 Å². The van der Waals surface area contributed by atoms with Crippen LogP contribution < -0.4 is 15.0 Å². The molecule has 2 aromatic rings. The number of carbonyl (C=O) groups excluding carboxylic acids is 1. The molecular weight excluding hydrogens is 322 g/mol. The van der Waals surface area contributed by atoms with Crippen LogP contribution in [0.3, 0.4) is 0 Å². The summed E-state index contributed by atoms with van der Waals surface area (Å²) in [6, 6.07) is 12.4. The van der Waals surface area contributed by atoms with Crippen LogP contribution >= 0.6 is 0 Å². The van der Waals surface area contributed by atoms with Crippen molar-refractivity contribution in [3.8, 4) is 5.75 Å². The molecule has 0 aliphatic rings. The Bertz CT molecular complexity index is 777. The Hall–Kier alpha value is -2.93. The number of hydrogen-bond donors (Lipinski definition) is 2. The molecule has 0 saturated heterocycles. The Morgan fingerprint density at radius 2 is 2.00 bits per heavy atom. The average molecular weight is 344 g/mol. The molecule has 0 aliphatic heterocycles. The molecule has 0 radical (unpaired) electrons. The van der Waals surface area contributed by atoms with Crippen molar-refractivity contribution >= 4 is 17.3 Å². The van der Waals surface area contributed by atoms with E-state index in [1.807, 2.05) is 31.3 Å². The molecule has 0 aliphatic carbocycles. The minimum Gasteiger partial charge on any atom is -0.496 e. The Morgan fingerprint density at radius 3 is 2.68 bits per heavy atom. The molecule has 0 aromatic heterocycles. The van der Waals surface area contributed by atoms with Gasteiger partial charge in [0, 0.05) is 11.6 Å². The van der Waals surface area contributed by atoms with Gasteiger partial charge in [0.1, 0.15) is 18.0 Å². The zero-order valence-corrected chi connectivity index (χ0v) is 14.5. The predicted molar refractivity (Wildman–Crippen MR) is 94.9 cm³/mol. The molecule has 7 heteroatoms. The first-order valence-electron chi connectivity index (χ1n) is 7.88. The van der Waals surface area contributed by atoms with Crippen LogP contribution in [0.5, 0.6) is 5.75 Å². The standard InChI is InChI=1S/C18H21N3O4/c1-13-8-9-15(16(10-13)21(23)24)19-18(22)12-20(2)11-14-6-4-5-7-17(14)25-3/h4-10H,11-12H2,1-3H3,(H,19,22)/p+1. The number of rotatable bonds is 7. The Labute approximate surface area is 146 Å². The quantitative estimate of drug-likeness (QED) is 0.590. The van der Waals surface area contributed by atoms with Crippen molar-refractivity contribution < 1.29 is 19.4 Å². The summed E-state index contributed by atoms with van der Waals surface area (Å²) in [6.07, 6.45) is 0. The van der Waals surface area contributed by atoms with Crippen LogP contribution in [-0.2, 0) is 11.3 Å². The van der Waals surface area contributed by atoms with Crippen LogP contribution in [0.15, 0.2) is 42.5 Å². The van der Waals surface area contributed by atoms with Crippen molar-refractivity contribution in [2.75, 3.05) is 26.0 Å². The van der Waals surface area contributed by atoms with Crippen molar-refractivity contribution in [2.24, 2.45) is 0 Å². The minimum atomic E-state index is -0.492. The summed E-state index contributed by atoms with van der Waals surface area (Å²) in [5.41, 5.74) is 1.88. The predicted octanol–water partition coefficient (Wildman–Crippen LogP) is 1.57. The summed E-state index contributed by atoms with van der Waals surface area (Å²) in [5.74, 6) is 0.496. The van der Waals surface area contributed by atoms with Crippen LogP contribution in [0.25, 0.3) is 0 Å². The van der Waals surface area contributed by atoms with Gasteiger partial charge in [-0.1, -0.05) is 18.2 Å². The van der Waals surface area contributed by atoms with Crippen molar-refractivity contribution in [2.45, 2.75) is 13.5 Å². The smallest absolute Gasteiger partial charge is 0.293 e. The lowest BCUT2D eigenvalue weighted by atomic mass is 10.2. The lowest BCUT2D eigenvalue weighted by Crippen LogP contribution is -3.08. The lowest BCUT2D eigenvalue weighted by molar-refractivity contribution is -0.885. The van der Waals surface area contributed by atoms with Gasteiger partial charge in [-0.3, -0.25) is 14.9 Å². The van der Waals surface area contributed by atoms with Crippen molar-refractivity contribution in [3.63, 3.8) is 0 Å². The normalized spacial score (nSPS) is 11.6. The van der Waals surface area contributed by atoms with Gasteiger partial charge in [0.15, 0.2) is 6.54 Å². The van der Waals surface area contributed by atoms with Gasteiger partial charge in [-0.25, -0.2) is 0 Å². The van der Waals surface area contributed by atoms with Gasteiger partial charge in [-0.05, 0) is 30.7 Å². The molecule has 2 rings (SSSR count). The number of amides is 1. The maximum atomic E-state index is 12.2. The Kier molecular flexibility index (Phi) is 6.08. The Morgan fingerprint density at radius 1 is 1.28 bits per heavy atom. The number of aryl methyl sites for hydroxylation is 1. The molecule has 1 amide bonds. The number of quaternary nitrogens is 1. The number of carbonyl (C=O) groups is 1. The number of nitrogens with one attached hydrogen (secondary N) is 2. The summed E-state index contributed by atoms with van der Waals surface area (Å²) in [6.45, 7) is 2.56. The average Bonchev–Trinajstić information content (AvgIpc) is 2.56. The first kappa shape index (κ1) is 18.4. The maximum absolute atomic E-state index is 12.2. The van der Waals surface area contributed by atoms with E-state index in [2.05, 4.69) is 5.32 Å². The third kappa shape index (κ3) is 5.02. The van der Waals surface area contributed by atoms with Gasteiger partial charge in [-0.15, -0.1) is 0 Å². The summed E-state index contributed by atoms with van der Waals surface area (Å²) in [7, 11) is 3.49. The number of methoxy groups -OCH3 is 1. The second-order valence-corrected chi connectivity index (χ2v) is 5.95. The molecule has 7 nitrogen and oxygen atoms in total. The van der Waals surface area contributed by atoms with Crippen molar-refractivity contribution in [3.05, 3.63) is 63.7 Å². The van der Waals surface area contributed by atoms with Crippen LogP contribution in [0.2, 0.25) is 0 Å². The number of anilines is 1. The monoisotopic (exact) mass is 344 g/mol. The third-order valence-electron chi connectivity index (χ3n) is 3.77. The highest BCUT2D eigenvalue weighted by atomic mass is 16.6. The SMILES string of the molecule is COc1ccccc1C[NH+](C)CC(=O)Nc1ccc(C)cc1[N+](=O)[O-]. The van der Waals surface area contributed by atoms with E-state index in [4.69, 9.17) is 4.74 Å². The molecule has 0 saturated carbocycles. The van der Waals surface area contributed by atoms with Crippen molar-refractivity contribution in [1.82, 2.24) is 0 Å². The number of hydrogen-bond acceptors (Lipinski definition) is 4. The minimum absolute atomic E-state index is 0.101. The number of likely N-dealkylation sites (N-methyl/N-ethyl adjacent to an activating group) is 1. The van der Waals surface area contributed by atoms with Crippen LogP contribution in [0, 0.1) is 17.0 Å². The van der Waals surface area contributed by atoms with E-state index in [1.165, 1.54) is 6.07 Å². The summed E-state index contributed by atoms with van der Waals surface area (Å²) in [5, 5.41) is 13.8. The first-order valence-corrected chi connectivity index (χ1v) is 7.88. The number of nitro groups is 1. The number of nitro benzene ring substituents is 1. The summed E-state index contributed by atoms with van der Waals surface area (Å²) in [4.78, 5) is 23.8. The van der Waals surface area contributed by atoms with E-state index in [9.17, 15) is 14.9 Å². The molecule has 0 fully saturated rings. The molecule has 0 heterocycles. The van der Waals surface area contributed by atoms with E-state index in [0.717, 1.165) is 21.8 Å². The van der Waals surface area contributed by atoms with Gasteiger partial charge < -0.3 is 15.0 Å². The van der Waals surface area contributed by atoms with Gasteiger partial charge in [-0.2, -0.15) is 0 Å². The topological polar surface area (TPSA) is 85.9 Å². The maximum Gasteiger partial charge on any atom is 0.293 e. The highest BCUT2D eigenvalue weighted by molar-refractivity contribution is 5.93. The number of ether oxygens (including phenoxy) is 1. The van der Waals surface area contributed by atoms with Crippen LogP contribution in [0.1, 0.15) is 11.1 Å². The fraction of sp³-hybridized carbons (Fsp3) is 0.278. The number of nitrogens with zero attached hydrogens (tertiary/aromatic N) is 1. The second kappa shape index (κ2) is 8.25. The fourth-order valence-corrected chi connectivity index (χ4v) is 2.60. The molecule has 132 valence electrons. The van der Waals surface area contributed by atoms with Gasteiger partial charge in [0.25, 0.3) is 11.6 Å². The first-order chi connectivity index (χ1) is 11.9. The molecule has 1 atom stereocenters. The largest absolute Gasteiger partial charge is 0.496 e. The van der Waals surface area contributed by atoms with Gasteiger partial charge >= 0.3 is 0 Å². The zero-order chi connectivity index (χ0) is 18.4. The van der Waals surface area contributed by atoms with E-state index >= 15 is 0 Å². The van der Waals surface area contributed by atoms with Gasteiger partial charge in [0.2, 0.25) is 0 Å². The molecule has 1 unspecified atom stereocenters. The number of benzene rings is 2. The second-order valence-electron chi connectivity index (χ2n) is 5.95. The lowest BCUT2D eigenvalue weighted by Gasteiger charge is -2.15. The number of para-hydroxylation sites is 1. The molecule has 0 spiro atoms.